The van der Waals surface area contributed by atoms with Crippen molar-refractivity contribution < 1.29 is 18.0 Å². The first kappa shape index (κ1) is 19.5. The van der Waals surface area contributed by atoms with Gasteiger partial charge in [0, 0.05) is 0 Å². The highest BCUT2D eigenvalue weighted by Gasteiger charge is 2.31. The fourth-order valence-corrected chi connectivity index (χ4v) is 2.87. The van der Waals surface area contributed by atoms with Gasteiger partial charge in [-0.05, 0) is 31.0 Å². The third kappa shape index (κ3) is 5.05. The Morgan fingerprint density at radius 3 is 2.44 bits per heavy atom. The Morgan fingerprint density at radius 1 is 1.28 bits per heavy atom. The highest BCUT2D eigenvalue weighted by Crippen LogP contribution is 2.34. The summed E-state index contributed by atoms with van der Waals surface area (Å²) in [5.41, 5.74) is -0.602. The van der Waals surface area contributed by atoms with Crippen LogP contribution in [0.1, 0.15) is 24.4 Å². The molecule has 10 heteroatoms. The van der Waals surface area contributed by atoms with E-state index in [0.29, 0.717) is 10.1 Å². The Balaban J connectivity index is 2.17. The van der Waals surface area contributed by atoms with Gasteiger partial charge >= 0.3 is 6.18 Å². The average Bonchev–Trinajstić information content (AvgIpc) is 2.89. The first-order valence-electron chi connectivity index (χ1n) is 7.32. The van der Waals surface area contributed by atoms with Gasteiger partial charge in [-0.1, -0.05) is 36.8 Å². The van der Waals surface area contributed by atoms with Crippen molar-refractivity contribution in [1.82, 2.24) is 10.2 Å². The van der Waals surface area contributed by atoms with E-state index >= 15 is 0 Å². The molecule has 0 bridgehead atoms. The van der Waals surface area contributed by atoms with E-state index in [0.717, 1.165) is 12.1 Å². The molecule has 0 radical (unpaired) electrons. The minimum absolute atomic E-state index is 0.111. The fourth-order valence-electron chi connectivity index (χ4n) is 2.04. The molecule has 5 nitrogen and oxygen atoms in total. The molecule has 136 valence electrons. The first-order valence-corrected chi connectivity index (χ1v) is 8.51. The van der Waals surface area contributed by atoms with Gasteiger partial charge in [-0.25, -0.2) is 0 Å². The second kappa shape index (κ2) is 7.57. The van der Waals surface area contributed by atoms with Gasteiger partial charge in [-0.2, -0.15) is 13.2 Å². The molecule has 2 aromatic rings. The summed E-state index contributed by atoms with van der Waals surface area (Å²) in [5.74, 6) is -0.519. The van der Waals surface area contributed by atoms with Crippen LogP contribution in [0.3, 0.4) is 0 Å². The molecule has 1 heterocycles. The number of amides is 1. The highest BCUT2D eigenvalue weighted by atomic mass is 35.5. The molecule has 0 unspecified atom stereocenters. The summed E-state index contributed by atoms with van der Waals surface area (Å²) in [6, 6.07) is 2.24. The molecule has 0 fully saturated rings. The van der Waals surface area contributed by atoms with E-state index < -0.39 is 17.8 Å². The number of nitrogens with one attached hydrogen (secondary N) is 2. The van der Waals surface area contributed by atoms with Gasteiger partial charge in [0.1, 0.15) is 11.0 Å². The lowest BCUT2D eigenvalue weighted by atomic mass is 10.0. The van der Waals surface area contributed by atoms with Crippen LogP contribution in [0.25, 0.3) is 0 Å². The fraction of sp³-hybridized carbons (Fsp3) is 0.400. The maximum atomic E-state index is 12.7. The lowest BCUT2D eigenvalue weighted by Crippen LogP contribution is -2.39. The second-order valence-corrected chi connectivity index (χ2v) is 7.26. The molecule has 2 rings (SSSR count). The average molecular weight is 393 g/mol. The summed E-state index contributed by atoms with van der Waals surface area (Å²) in [6.45, 7) is 5.37. The number of rotatable bonds is 5. The van der Waals surface area contributed by atoms with E-state index in [9.17, 15) is 18.0 Å². The molecule has 1 aromatic carbocycles. The molecular formula is C15H16ClF3N4OS. The number of hydrogen-bond donors (Lipinski definition) is 2. The molecule has 1 atom stereocenters. The number of anilines is 2. The predicted molar refractivity (Wildman–Crippen MR) is 92.0 cm³/mol. The van der Waals surface area contributed by atoms with Crippen molar-refractivity contribution in [3.63, 3.8) is 0 Å². The van der Waals surface area contributed by atoms with Crippen LogP contribution in [0.15, 0.2) is 18.2 Å². The van der Waals surface area contributed by atoms with Crippen LogP contribution in [0, 0.1) is 12.8 Å². The molecule has 0 saturated carbocycles. The van der Waals surface area contributed by atoms with Crippen LogP contribution in [-0.2, 0) is 11.0 Å². The number of aromatic nitrogens is 2. The lowest BCUT2D eigenvalue weighted by molar-refractivity contribution is -0.137. The zero-order valence-corrected chi connectivity index (χ0v) is 15.2. The van der Waals surface area contributed by atoms with Crippen molar-refractivity contribution in [2.24, 2.45) is 5.92 Å². The quantitative estimate of drug-likeness (QED) is 0.780. The van der Waals surface area contributed by atoms with Crippen LogP contribution in [0.4, 0.5) is 24.0 Å². The molecule has 1 amide bonds. The van der Waals surface area contributed by atoms with Crippen LogP contribution in [0.5, 0.6) is 0 Å². The summed E-state index contributed by atoms with van der Waals surface area (Å²) < 4.78 is 38.1. The minimum Gasteiger partial charge on any atom is -0.372 e. The zero-order valence-electron chi connectivity index (χ0n) is 13.6. The number of hydrogen-bond acceptors (Lipinski definition) is 5. The number of carbonyl (C=O) groups is 1. The summed E-state index contributed by atoms with van der Waals surface area (Å²) in [6.07, 6.45) is -4.48. The molecule has 2 N–H and O–H groups in total. The lowest BCUT2D eigenvalue weighted by Gasteiger charge is -2.23. The number of carbonyl (C=O) groups excluding carboxylic acids is 1. The van der Waals surface area contributed by atoms with E-state index in [1.807, 2.05) is 0 Å². The monoisotopic (exact) mass is 392 g/mol. The standard InChI is InChI=1S/C15H16ClF3N4OS/c1-7(2)12(13(24)21-14-23-22-8(3)25-14)20-11-5-4-9(6-10(11)16)15(17,18)19/h4-7,12,20H,1-3H3,(H,21,23,24)/t12-/m1/s1. The topological polar surface area (TPSA) is 66.9 Å². The van der Waals surface area contributed by atoms with Crippen molar-refractivity contribution in [2.45, 2.75) is 33.0 Å². The zero-order chi connectivity index (χ0) is 18.8. The van der Waals surface area contributed by atoms with E-state index in [-0.39, 0.29) is 22.5 Å². The van der Waals surface area contributed by atoms with Gasteiger partial charge in [0.05, 0.1) is 16.3 Å². The number of benzene rings is 1. The van der Waals surface area contributed by atoms with Gasteiger partial charge in [0.15, 0.2) is 0 Å². The maximum absolute atomic E-state index is 12.7. The summed E-state index contributed by atoms with van der Waals surface area (Å²) >= 11 is 7.16. The Bertz CT molecular complexity index is 763. The van der Waals surface area contributed by atoms with Gasteiger partial charge in [0.25, 0.3) is 0 Å². The van der Waals surface area contributed by atoms with Crippen LogP contribution in [0.2, 0.25) is 5.02 Å². The molecular weight excluding hydrogens is 377 g/mol. The number of alkyl halides is 3. The number of aryl methyl sites for hydroxylation is 1. The van der Waals surface area contributed by atoms with Crippen molar-refractivity contribution in [2.75, 3.05) is 10.6 Å². The largest absolute Gasteiger partial charge is 0.416 e. The van der Waals surface area contributed by atoms with Crippen molar-refractivity contribution in [3.8, 4) is 0 Å². The molecule has 0 aliphatic carbocycles. The molecule has 1 aromatic heterocycles. The molecule has 0 aliphatic heterocycles. The normalized spacial score (nSPS) is 13.0. The van der Waals surface area contributed by atoms with Gasteiger partial charge in [-0.3, -0.25) is 10.1 Å². The molecule has 0 saturated heterocycles. The minimum atomic E-state index is -4.48. The van der Waals surface area contributed by atoms with E-state index in [4.69, 9.17) is 11.6 Å². The highest BCUT2D eigenvalue weighted by molar-refractivity contribution is 7.15. The van der Waals surface area contributed by atoms with E-state index in [1.54, 1.807) is 20.8 Å². The summed E-state index contributed by atoms with van der Waals surface area (Å²) in [5, 5.41) is 14.1. The van der Waals surface area contributed by atoms with Crippen LogP contribution in [-0.4, -0.2) is 22.1 Å². The first-order chi connectivity index (χ1) is 11.6. The molecule has 25 heavy (non-hydrogen) atoms. The second-order valence-electron chi connectivity index (χ2n) is 5.67. The van der Waals surface area contributed by atoms with Gasteiger partial charge in [-0.15, -0.1) is 10.2 Å². The van der Waals surface area contributed by atoms with Crippen LogP contribution >= 0.6 is 22.9 Å². The Kier molecular flexibility index (Phi) is 5.89. The number of halogens is 4. The van der Waals surface area contributed by atoms with Crippen molar-refractivity contribution >= 4 is 39.7 Å². The third-order valence-electron chi connectivity index (χ3n) is 3.31. The molecule has 0 spiro atoms. The van der Waals surface area contributed by atoms with Crippen LogP contribution < -0.4 is 10.6 Å². The smallest absolute Gasteiger partial charge is 0.372 e. The summed E-state index contributed by atoms with van der Waals surface area (Å²) in [7, 11) is 0. The Labute approximate surface area is 151 Å². The van der Waals surface area contributed by atoms with Crippen molar-refractivity contribution in [3.05, 3.63) is 33.8 Å². The summed E-state index contributed by atoms with van der Waals surface area (Å²) in [4.78, 5) is 12.4. The number of nitrogens with zero attached hydrogens (tertiary/aromatic N) is 2. The molecule has 0 aliphatic rings. The maximum Gasteiger partial charge on any atom is 0.416 e. The van der Waals surface area contributed by atoms with Crippen molar-refractivity contribution in [1.29, 1.82) is 0 Å². The SMILES string of the molecule is Cc1nnc(NC(=O)[C@H](Nc2ccc(C(F)(F)F)cc2Cl)C(C)C)s1. The van der Waals surface area contributed by atoms with E-state index in [1.165, 1.54) is 17.4 Å². The Hall–Kier alpha value is -1.87. The predicted octanol–water partition coefficient (Wildman–Crippen LogP) is 4.59. The van der Waals surface area contributed by atoms with Gasteiger partial charge in [0.2, 0.25) is 11.0 Å². The van der Waals surface area contributed by atoms with E-state index in [2.05, 4.69) is 20.8 Å². The van der Waals surface area contributed by atoms with Gasteiger partial charge < -0.3 is 5.32 Å². The Morgan fingerprint density at radius 2 is 1.96 bits per heavy atom. The third-order valence-corrected chi connectivity index (χ3v) is 4.38.